The Bertz CT molecular complexity index is 450. The molecular formula is C15H19NO2. The summed E-state index contributed by atoms with van der Waals surface area (Å²) in [7, 11) is 0. The Balaban J connectivity index is 1.66. The van der Waals surface area contributed by atoms with Gasteiger partial charge >= 0.3 is 0 Å². The topological polar surface area (TPSA) is 38.3 Å². The van der Waals surface area contributed by atoms with Gasteiger partial charge in [-0.1, -0.05) is 19.3 Å². The zero-order valence-electron chi connectivity index (χ0n) is 10.6. The summed E-state index contributed by atoms with van der Waals surface area (Å²) < 4.78 is 5.46. The zero-order valence-corrected chi connectivity index (χ0v) is 10.6. The molecule has 1 saturated carbocycles. The fraction of sp³-hybridized carbons (Fsp3) is 0.533. The number of nitrogens with one attached hydrogen (secondary N) is 1. The molecule has 1 heterocycles. The van der Waals surface area contributed by atoms with Crippen LogP contribution in [0.25, 0.3) is 0 Å². The van der Waals surface area contributed by atoms with Crippen LogP contribution in [0.2, 0.25) is 0 Å². The molecule has 0 aromatic heterocycles. The summed E-state index contributed by atoms with van der Waals surface area (Å²) in [4.78, 5) is 12.1. The smallest absolute Gasteiger partial charge is 0.227 e. The molecule has 1 aromatic carbocycles. The number of benzene rings is 1. The number of carbonyl (C=O) groups excluding carboxylic acids is 1. The van der Waals surface area contributed by atoms with Crippen LogP contribution in [-0.4, -0.2) is 12.5 Å². The number of fused-ring (bicyclic) bond motifs is 1. The molecule has 3 heteroatoms. The normalized spacial score (nSPS) is 19.1. The van der Waals surface area contributed by atoms with Crippen molar-refractivity contribution in [2.24, 2.45) is 5.92 Å². The van der Waals surface area contributed by atoms with Gasteiger partial charge in [0.2, 0.25) is 5.91 Å². The molecule has 0 saturated heterocycles. The van der Waals surface area contributed by atoms with E-state index in [1.807, 2.05) is 18.2 Å². The summed E-state index contributed by atoms with van der Waals surface area (Å²) in [6, 6.07) is 5.94. The van der Waals surface area contributed by atoms with Gasteiger partial charge in [-0.25, -0.2) is 0 Å². The molecule has 0 unspecified atom stereocenters. The average Bonchev–Trinajstić information content (AvgIpc) is 2.87. The van der Waals surface area contributed by atoms with E-state index in [0.29, 0.717) is 0 Å². The number of hydrogen-bond acceptors (Lipinski definition) is 2. The fourth-order valence-electron chi connectivity index (χ4n) is 2.87. The lowest BCUT2D eigenvalue weighted by molar-refractivity contribution is -0.120. The van der Waals surface area contributed by atoms with Gasteiger partial charge in [-0.3, -0.25) is 4.79 Å². The van der Waals surface area contributed by atoms with Gasteiger partial charge in [-0.15, -0.1) is 0 Å². The highest BCUT2D eigenvalue weighted by atomic mass is 16.5. The van der Waals surface area contributed by atoms with Crippen LogP contribution in [0, 0.1) is 5.92 Å². The summed E-state index contributed by atoms with van der Waals surface area (Å²) >= 11 is 0. The molecule has 3 nitrogen and oxygen atoms in total. The van der Waals surface area contributed by atoms with Crippen LogP contribution >= 0.6 is 0 Å². The van der Waals surface area contributed by atoms with Gasteiger partial charge < -0.3 is 10.1 Å². The van der Waals surface area contributed by atoms with Crippen LogP contribution in [0.5, 0.6) is 5.75 Å². The Morgan fingerprint density at radius 3 is 2.89 bits per heavy atom. The van der Waals surface area contributed by atoms with Gasteiger partial charge in [0.15, 0.2) is 0 Å². The Morgan fingerprint density at radius 2 is 2.06 bits per heavy atom. The molecule has 3 rings (SSSR count). The van der Waals surface area contributed by atoms with Gasteiger partial charge in [0.05, 0.1) is 6.61 Å². The minimum Gasteiger partial charge on any atom is -0.493 e. The van der Waals surface area contributed by atoms with Crippen molar-refractivity contribution in [2.75, 3.05) is 11.9 Å². The maximum Gasteiger partial charge on any atom is 0.227 e. The third-order valence-corrected chi connectivity index (χ3v) is 3.93. The van der Waals surface area contributed by atoms with Crippen molar-refractivity contribution < 1.29 is 9.53 Å². The number of anilines is 1. The van der Waals surface area contributed by atoms with Crippen molar-refractivity contribution in [1.82, 2.24) is 0 Å². The van der Waals surface area contributed by atoms with Crippen molar-refractivity contribution in [3.8, 4) is 5.75 Å². The van der Waals surface area contributed by atoms with E-state index >= 15 is 0 Å². The van der Waals surface area contributed by atoms with Crippen LogP contribution < -0.4 is 10.1 Å². The number of ether oxygens (including phenoxy) is 1. The van der Waals surface area contributed by atoms with Gasteiger partial charge in [0, 0.05) is 18.0 Å². The first-order valence-corrected chi connectivity index (χ1v) is 6.89. The molecule has 1 aromatic rings. The first-order chi connectivity index (χ1) is 8.83. The lowest BCUT2D eigenvalue weighted by Gasteiger charge is -2.20. The molecule has 18 heavy (non-hydrogen) atoms. The first kappa shape index (κ1) is 11.6. The molecule has 2 aliphatic rings. The van der Waals surface area contributed by atoms with Crippen molar-refractivity contribution in [3.05, 3.63) is 23.8 Å². The van der Waals surface area contributed by atoms with Crippen molar-refractivity contribution in [1.29, 1.82) is 0 Å². The zero-order chi connectivity index (χ0) is 12.4. The van der Waals surface area contributed by atoms with E-state index in [0.717, 1.165) is 37.3 Å². The highest BCUT2D eigenvalue weighted by Gasteiger charge is 2.21. The minimum absolute atomic E-state index is 0.188. The van der Waals surface area contributed by atoms with E-state index in [-0.39, 0.29) is 11.8 Å². The lowest BCUT2D eigenvalue weighted by atomic mass is 9.88. The molecule has 1 amide bonds. The Morgan fingerprint density at radius 1 is 1.22 bits per heavy atom. The van der Waals surface area contributed by atoms with Gasteiger partial charge in [-0.2, -0.15) is 0 Å². The van der Waals surface area contributed by atoms with Crippen LogP contribution in [0.3, 0.4) is 0 Å². The van der Waals surface area contributed by atoms with E-state index in [2.05, 4.69) is 5.32 Å². The SMILES string of the molecule is O=C(Nc1ccc2c(c1)CCO2)C1CCCCC1. The third-order valence-electron chi connectivity index (χ3n) is 3.93. The van der Waals surface area contributed by atoms with E-state index in [1.54, 1.807) is 0 Å². The average molecular weight is 245 g/mol. The van der Waals surface area contributed by atoms with Crippen LogP contribution in [0.15, 0.2) is 18.2 Å². The lowest BCUT2D eigenvalue weighted by Crippen LogP contribution is -2.24. The Hall–Kier alpha value is -1.51. The number of rotatable bonds is 2. The largest absolute Gasteiger partial charge is 0.493 e. The van der Waals surface area contributed by atoms with Crippen molar-refractivity contribution in [3.63, 3.8) is 0 Å². The van der Waals surface area contributed by atoms with Crippen LogP contribution in [0.1, 0.15) is 37.7 Å². The molecule has 1 aliphatic heterocycles. The molecule has 0 spiro atoms. The van der Waals surface area contributed by atoms with E-state index in [1.165, 1.54) is 24.8 Å². The molecule has 1 N–H and O–H groups in total. The predicted molar refractivity (Wildman–Crippen MR) is 70.8 cm³/mol. The maximum atomic E-state index is 12.1. The first-order valence-electron chi connectivity index (χ1n) is 6.89. The number of amides is 1. The number of carbonyl (C=O) groups is 1. The molecule has 0 atom stereocenters. The van der Waals surface area contributed by atoms with Crippen molar-refractivity contribution >= 4 is 11.6 Å². The summed E-state index contributed by atoms with van der Waals surface area (Å²) in [5, 5.41) is 3.05. The Labute approximate surface area is 108 Å². The minimum atomic E-state index is 0.188. The van der Waals surface area contributed by atoms with Crippen LogP contribution in [0.4, 0.5) is 5.69 Å². The fourth-order valence-corrected chi connectivity index (χ4v) is 2.87. The Kier molecular flexibility index (Phi) is 3.22. The van der Waals surface area contributed by atoms with E-state index in [9.17, 15) is 4.79 Å². The second-order valence-corrected chi connectivity index (χ2v) is 5.25. The molecule has 96 valence electrons. The van der Waals surface area contributed by atoms with Gasteiger partial charge in [0.1, 0.15) is 5.75 Å². The second kappa shape index (κ2) is 5.01. The molecule has 0 bridgehead atoms. The second-order valence-electron chi connectivity index (χ2n) is 5.25. The quantitative estimate of drug-likeness (QED) is 0.869. The monoisotopic (exact) mass is 245 g/mol. The predicted octanol–water partition coefficient (Wildman–Crippen LogP) is 3.14. The summed E-state index contributed by atoms with van der Waals surface area (Å²) in [6.45, 7) is 0.759. The number of hydrogen-bond donors (Lipinski definition) is 1. The molecular weight excluding hydrogens is 226 g/mol. The third kappa shape index (κ3) is 2.35. The highest BCUT2D eigenvalue weighted by molar-refractivity contribution is 5.92. The summed E-state index contributed by atoms with van der Waals surface area (Å²) in [5.41, 5.74) is 2.12. The van der Waals surface area contributed by atoms with Gasteiger partial charge in [-0.05, 0) is 36.6 Å². The molecule has 1 fully saturated rings. The van der Waals surface area contributed by atoms with Crippen LogP contribution in [-0.2, 0) is 11.2 Å². The molecule has 0 radical (unpaired) electrons. The van der Waals surface area contributed by atoms with Gasteiger partial charge in [0.25, 0.3) is 0 Å². The summed E-state index contributed by atoms with van der Waals surface area (Å²) in [5.74, 6) is 1.36. The molecule has 1 aliphatic carbocycles. The standard InChI is InChI=1S/C15H19NO2/c17-15(11-4-2-1-3-5-11)16-13-6-7-14-12(10-13)8-9-18-14/h6-7,10-11H,1-5,8-9H2,(H,16,17). The highest BCUT2D eigenvalue weighted by Crippen LogP contribution is 2.29. The summed E-state index contributed by atoms with van der Waals surface area (Å²) in [6.07, 6.45) is 6.69. The van der Waals surface area contributed by atoms with Crippen molar-refractivity contribution in [2.45, 2.75) is 38.5 Å². The maximum absolute atomic E-state index is 12.1. The van der Waals surface area contributed by atoms with E-state index in [4.69, 9.17) is 4.74 Å². The van der Waals surface area contributed by atoms with E-state index < -0.39 is 0 Å².